The highest BCUT2D eigenvalue weighted by Gasteiger charge is 2.25. The van der Waals surface area contributed by atoms with Crippen LogP contribution in [0.25, 0.3) is 0 Å². The summed E-state index contributed by atoms with van der Waals surface area (Å²) in [5.41, 5.74) is 2.94. The van der Waals surface area contributed by atoms with Crippen molar-refractivity contribution in [1.82, 2.24) is 10.2 Å². The van der Waals surface area contributed by atoms with E-state index >= 15 is 0 Å². The minimum absolute atomic E-state index is 0. The molecule has 2 aromatic rings. The number of benzene rings is 2. The number of halogens is 1. The molecule has 3 rings (SSSR count). The van der Waals surface area contributed by atoms with Gasteiger partial charge in [0, 0.05) is 32.1 Å². The van der Waals surface area contributed by atoms with E-state index in [0.29, 0.717) is 24.6 Å². The van der Waals surface area contributed by atoms with Crippen molar-refractivity contribution in [2.24, 2.45) is 10.9 Å². The van der Waals surface area contributed by atoms with Crippen LogP contribution in [0.2, 0.25) is 0 Å². The maximum atomic E-state index is 11.5. The van der Waals surface area contributed by atoms with Crippen LogP contribution in [-0.4, -0.2) is 56.7 Å². The number of hydrogen-bond acceptors (Lipinski definition) is 4. The molecule has 2 aromatic carbocycles. The van der Waals surface area contributed by atoms with Crippen LogP contribution in [0.1, 0.15) is 34.8 Å². The molecule has 1 aliphatic rings. The summed E-state index contributed by atoms with van der Waals surface area (Å²) in [5, 5.41) is 3.42. The molecule has 1 unspecified atom stereocenters. The quantitative estimate of drug-likeness (QED) is 0.220. The molecular formula is C25H34IN3O3. The lowest BCUT2D eigenvalue weighted by Crippen LogP contribution is -2.40. The van der Waals surface area contributed by atoms with E-state index in [4.69, 9.17) is 14.5 Å². The minimum atomic E-state index is -0.310. The lowest BCUT2D eigenvalue weighted by molar-refractivity contribution is 0.0600. The van der Waals surface area contributed by atoms with E-state index < -0.39 is 0 Å². The van der Waals surface area contributed by atoms with Gasteiger partial charge in [-0.1, -0.05) is 42.5 Å². The molecule has 0 bridgehead atoms. The van der Waals surface area contributed by atoms with Crippen LogP contribution in [0.5, 0.6) is 0 Å². The van der Waals surface area contributed by atoms with Crippen LogP contribution >= 0.6 is 24.0 Å². The van der Waals surface area contributed by atoms with E-state index in [1.807, 2.05) is 30.3 Å². The van der Waals surface area contributed by atoms with Crippen molar-refractivity contribution in [2.75, 3.05) is 39.9 Å². The maximum Gasteiger partial charge on any atom is 0.337 e. The molecule has 32 heavy (non-hydrogen) atoms. The summed E-state index contributed by atoms with van der Waals surface area (Å²) >= 11 is 0. The SMILES string of the molecule is CCNC(=NCCc1ccc(C(=O)OC)cc1)N1CCC(COCc2ccccc2)C1.I. The van der Waals surface area contributed by atoms with Crippen molar-refractivity contribution in [3.8, 4) is 0 Å². The number of nitrogens with one attached hydrogen (secondary N) is 1. The van der Waals surface area contributed by atoms with Gasteiger partial charge in [-0.15, -0.1) is 24.0 Å². The van der Waals surface area contributed by atoms with Gasteiger partial charge in [-0.3, -0.25) is 4.99 Å². The molecule has 1 fully saturated rings. The molecule has 0 aromatic heterocycles. The van der Waals surface area contributed by atoms with E-state index in [0.717, 1.165) is 50.6 Å². The van der Waals surface area contributed by atoms with Crippen LogP contribution in [0, 0.1) is 5.92 Å². The maximum absolute atomic E-state index is 11.5. The molecule has 0 saturated carbocycles. The first-order valence-electron chi connectivity index (χ1n) is 11.0. The first-order chi connectivity index (χ1) is 15.2. The average molecular weight is 551 g/mol. The van der Waals surface area contributed by atoms with Crippen molar-refractivity contribution in [2.45, 2.75) is 26.4 Å². The Hall–Kier alpha value is -2.13. The summed E-state index contributed by atoms with van der Waals surface area (Å²) in [7, 11) is 1.39. The molecule has 0 radical (unpaired) electrons. The lowest BCUT2D eigenvalue weighted by Gasteiger charge is -2.21. The second-order valence-electron chi connectivity index (χ2n) is 7.78. The van der Waals surface area contributed by atoms with Gasteiger partial charge < -0.3 is 19.7 Å². The number of ether oxygens (including phenoxy) is 2. The zero-order valence-electron chi connectivity index (χ0n) is 19.0. The molecule has 1 heterocycles. The third kappa shape index (κ3) is 8.09. The van der Waals surface area contributed by atoms with Gasteiger partial charge in [0.05, 0.1) is 25.9 Å². The van der Waals surface area contributed by atoms with Gasteiger partial charge in [-0.05, 0) is 43.0 Å². The molecule has 1 N–H and O–H groups in total. The molecule has 1 saturated heterocycles. The number of likely N-dealkylation sites (tertiary alicyclic amines) is 1. The lowest BCUT2D eigenvalue weighted by atomic mass is 10.1. The standard InChI is InChI=1S/C25H33N3O3.HI/c1-3-26-25(27-15-13-20-9-11-23(12-10-20)24(29)30-2)28-16-14-22(17-28)19-31-18-21-7-5-4-6-8-21;/h4-12,22H,3,13-19H2,1-2H3,(H,26,27);1H. The topological polar surface area (TPSA) is 63.2 Å². The third-order valence-electron chi connectivity index (χ3n) is 5.42. The smallest absolute Gasteiger partial charge is 0.337 e. The highest BCUT2D eigenvalue weighted by molar-refractivity contribution is 14.0. The van der Waals surface area contributed by atoms with Gasteiger partial charge in [0.1, 0.15) is 0 Å². The van der Waals surface area contributed by atoms with Crippen LogP contribution in [0.3, 0.4) is 0 Å². The van der Waals surface area contributed by atoms with Gasteiger partial charge in [-0.25, -0.2) is 4.79 Å². The molecule has 0 amide bonds. The molecular weight excluding hydrogens is 517 g/mol. The van der Waals surface area contributed by atoms with Crippen LogP contribution in [-0.2, 0) is 22.5 Å². The van der Waals surface area contributed by atoms with Gasteiger partial charge in [0.2, 0.25) is 0 Å². The number of guanidine groups is 1. The Labute approximate surface area is 208 Å². The Balaban J connectivity index is 0.00000363. The molecule has 1 atom stereocenters. The zero-order chi connectivity index (χ0) is 21.9. The van der Waals surface area contributed by atoms with E-state index in [1.54, 1.807) is 12.1 Å². The zero-order valence-corrected chi connectivity index (χ0v) is 21.3. The minimum Gasteiger partial charge on any atom is -0.465 e. The largest absolute Gasteiger partial charge is 0.465 e. The number of nitrogens with zero attached hydrogens (tertiary/aromatic N) is 2. The predicted molar refractivity (Wildman–Crippen MR) is 139 cm³/mol. The molecule has 6 nitrogen and oxygen atoms in total. The summed E-state index contributed by atoms with van der Waals surface area (Å²) in [4.78, 5) is 18.7. The van der Waals surface area contributed by atoms with Crippen molar-refractivity contribution < 1.29 is 14.3 Å². The van der Waals surface area contributed by atoms with E-state index in [2.05, 4.69) is 29.3 Å². The van der Waals surface area contributed by atoms with E-state index in [-0.39, 0.29) is 29.9 Å². The van der Waals surface area contributed by atoms with Gasteiger partial charge >= 0.3 is 5.97 Å². The van der Waals surface area contributed by atoms with E-state index in [1.165, 1.54) is 12.7 Å². The summed E-state index contributed by atoms with van der Waals surface area (Å²) < 4.78 is 10.7. The fourth-order valence-corrected chi connectivity index (χ4v) is 3.72. The number of carbonyl (C=O) groups is 1. The fourth-order valence-electron chi connectivity index (χ4n) is 3.72. The monoisotopic (exact) mass is 551 g/mol. The molecule has 1 aliphatic heterocycles. The van der Waals surface area contributed by atoms with Crippen molar-refractivity contribution in [3.05, 3.63) is 71.3 Å². The van der Waals surface area contributed by atoms with Crippen molar-refractivity contribution in [3.63, 3.8) is 0 Å². The Kier molecular flexibility index (Phi) is 11.5. The highest BCUT2D eigenvalue weighted by Crippen LogP contribution is 2.17. The summed E-state index contributed by atoms with van der Waals surface area (Å²) in [6.07, 6.45) is 1.95. The highest BCUT2D eigenvalue weighted by atomic mass is 127. The fraction of sp³-hybridized carbons (Fsp3) is 0.440. The van der Waals surface area contributed by atoms with Gasteiger partial charge in [0.15, 0.2) is 5.96 Å². The predicted octanol–water partition coefficient (Wildman–Crippen LogP) is 4.14. The number of esters is 1. The number of aliphatic imine (C=N–C) groups is 1. The van der Waals surface area contributed by atoms with Crippen LogP contribution in [0.15, 0.2) is 59.6 Å². The first-order valence-corrected chi connectivity index (χ1v) is 11.0. The van der Waals surface area contributed by atoms with Crippen molar-refractivity contribution in [1.29, 1.82) is 0 Å². The Morgan fingerprint density at radius 2 is 1.88 bits per heavy atom. The van der Waals surface area contributed by atoms with Gasteiger partial charge in [-0.2, -0.15) is 0 Å². The number of hydrogen-bond donors (Lipinski definition) is 1. The summed E-state index contributed by atoms with van der Waals surface area (Å²) in [6.45, 7) is 7.05. The molecule has 174 valence electrons. The Bertz CT molecular complexity index is 843. The van der Waals surface area contributed by atoms with E-state index in [9.17, 15) is 4.79 Å². The van der Waals surface area contributed by atoms with Crippen LogP contribution in [0.4, 0.5) is 0 Å². The normalized spacial score (nSPS) is 15.9. The van der Waals surface area contributed by atoms with Crippen molar-refractivity contribution >= 4 is 35.9 Å². The summed E-state index contributed by atoms with van der Waals surface area (Å²) in [6, 6.07) is 17.8. The molecule has 0 spiro atoms. The first kappa shape index (κ1) is 26.1. The number of methoxy groups -OCH3 is 1. The molecule has 7 heteroatoms. The second-order valence-corrected chi connectivity index (χ2v) is 7.78. The van der Waals surface area contributed by atoms with Crippen LogP contribution < -0.4 is 5.32 Å². The average Bonchev–Trinajstić information content (AvgIpc) is 3.28. The Morgan fingerprint density at radius 3 is 2.56 bits per heavy atom. The second kappa shape index (κ2) is 14.1. The summed E-state index contributed by atoms with van der Waals surface area (Å²) in [5.74, 6) is 1.19. The Morgan fingerprint density at radius 1 is 1.12 bits per heavy atom. The van der Waals surface area contributed by atoms with Gasteiger partial charge in [0.25, 0.3) is 0 Å². The third-order valence-corrected chi connectivity index (χ3v) is 5.42. The number of carbonyl (C=O) groups excluding carboxylic acids is 1. The number of rotatable bonds is 9. The molecule has 0 aliphatic carbocycles.